The smallest absolute Gasteiger partial charge is 0.235 e. The normalized spacial score (nSPS) is 11.3. The van der Waals surface area contributed by atoms with E-state index in [9.17, 15) is 0 Å². The Morgan fingerprint density at radius 1 is 0.815 bits per heavy atom. The van der Waals surface area contributed by atoms with Crippen LogP contribution in [0.15, 0.2) is 65.1 Å². The number of hydrogen-bond donors (Lipinski definition) is 0. The van der Waals surface area contributed by atoms with Crippen LogP contribution in [-0.4, -0.2) is 19.8 Å². The van der Waals surface area contributed by atoms with Crippen LogP contribution in [0.5, 0.6) is 0 Å². The molecule has 0 radical (unpaired) electrons. The third-order valence-electron chi connectivity index (χ3n) is 4.04. The van der Waals surface area contributed by atoms with E-state index in [1.807, 2.05) is 48.5 Å². The minimum Gasteiger partial charge on any atom is -0.454 e. The molecule has 0 saturated heterocycles. The first-order chi connectivity index (χ1) is 13.2. The highest BCUT2D eigenvalue weighted by atomic mass is 35.5. The second-order valence-corrected chi connectivity index (χ2v) is 7.55. The summed E-state index contributed by atoms with van der Waals surface area (Å²) in [6.45, 7) is 0. The molecule has 0 bridgehead atoms. The van der Waals surface area contributed by atoms with Gasteiger partial charge in [0.05, 0.1) is 10.0 Å². The van der Waals surface area contributed by atoms with Crippen molar-refractivity contribution in [3.63, 3.8) is 0 Å². The highest BCUT2D eigenvalue weighted by Crippen LogP contribution is 2.34. The van der Waals surface area contributed by atoms with Crippen LogP contribution in [-0.2, 0) is 0 Å². The number of rotatable bonds is 3. The number of furan rings is 1. The fourth-order valence-corrected chi connectivity index (χ4v) is 3.84. The highest BCUT2D eigenvalue weighted by molar-refractivity contribution is 7.19. The summed E-state index contributed by atoms with van der Waals surface area (Å²) < 4.78 is 7.71. The van der Waals surface area contributed by atoms with Crippen LogP contribution in [0.3, 0.4) is 0 Å². The van der Waals surface area contributed by atoms with Crippen molar-refractivity contribution in [1.29, 1.82) is 0 Å². The lowest BCUT2D eigenvalue weighted by atomic mass is 10.2. The van der Waals surface area contributed by atoms with Crippen molar-refractivity contribution in [3.8, 4) is 33.5 Å². The molecule has 0 atom stereocenters. The number of nitrogens with zero attached hydrogens (tertiary/aromatic N) is 4. The van der Waals surface area contributed by atoms with Gasteiger partial charge in [-0.05, 0) is 30.3 Å². The third-order valence-corrected chi connectivity index (χ3v) is 5.70. The van der Waals surface area contributed by atoms with E-state index in [0.717, 1.165) is 16.1 Å². The summed E-state index contributed by atoms with van der Waals surface area (Å²) in [5.74, 6) is 2.05. The zero-order valence-electron chi connectivity index (χ0n) is 13.6. The van der Waals surface area contributed by atoms with Crippen LogP contribution in [0.1, 0.15) is 0 Å². The van der Waals surface area contributed by atoms with Gasteiger partial charge in [0, 0.05) is 11.1 Å². The Morgan fingerprint density at radius 2 is 1.63 bits per heavy atom. The topological polar surface area (TPSA) is 56.2 Å². The van der Waals surface area contributed by atoms with Gasteiger partial charge in [-0.3, -0.25) is 0 Å². The van der Waals surface area contributed by atoms with E-state index >= 15 is 0 Å². The summed E-state index contributed by atoms with van der Waals surface area (Å²) in [6.07, 6.45) is 0. The summed E-state index contributed by atoms with van der Waals surface area (Å²) in [6, 6.07) is 19.0. The molecule has 0 aliphatic heterocycles. The second-order valence-electron chi connectivity index (χ2n) is 5.78. The van der Waals surface area contributed by atoms with Crippen LogP contribution in [0.25, 0.3) is 38.4 Å². The van der Waals surface area contributed by atoms with Gasteiger partial charge >= 0.3 is 0 Å². The van der Waals surface area contributed by atoms with E-state index < -0.39 is 0 Å². The predicted molar refractivity (Wildman–Crippen MR) is 107 cm³/mol. The van der Waals surface area contributed by atoms with Crippen LogP contribution in [0.4, 0.5) is 0 Å². The molecule has 0 amide bonds. The van der Waals surface area contributed by atoms with Crippen molar-refractivity contribution in [2.75, 3.05) is 0 Å². The molecule has 0 unspecified atom stereocenters. The lowest BCUT2D eigenvalue weighted by Crippen LogP contribution is -1.90. The van der Waals surface area contributed by atoms with Gasteiger partial charge < -0.3 is 4.42 Å². The van der Waals surface area contributed by atoms with Crippen molar-refractivity contribution in [2.24, 2.45) is 0 Å². The van der Waals surface area contributed by atoms with Gasteiger partial charge in [-0.1, -0.05) is 64.9 Å². The fourth-order valence-electron chi connectivity index (χ4n) is 2.74. The van der Waals surface area contributed by atoms with E-state index in [1.165, 1.54) is 11.3 Å². The predicted octanol–water partition coefficient (Wildman–Crippen LogP) is 6.09. The number of benzene rings is 2. The zero-order chi connectivity index (χ0) is 18.4. The largest absolute Gasteiger partial charge is 0.454 e. The van der Waals surface area contributed by atoms with Crippen LogP contribution < -0.4 is 0 Å². The summed E-state index contributed by atoms with van der Waals surface area (Å²) in [4.78, 5) is 0.705. The van der Waals surface area contributed by atoms with E-state index in [2.05, 4.69) is 15.3 Å². The number of fused-ring (bicyclic) bond motifs is 1. The summed E-state index contributed by atoms with van der Waals surface area (Å²) in [5, 5.41) is 14.8. The lowest BCUT2D eigenvalue weighted by molar-refractivity contribution is 0.595. The first-order valence-corrected chi connectivity index (χ1v) is 9.59. The van der Waals surface area contributed by atoms with Gasteiger partial charge in [-0.15, -0.1) is 15.3 Å². The molecule has 27 heavy (non-hydrogen) atoms. The summed E-state index contributed by atoms with van der Waals surface area (Å²) >= 11 is 13.5. The molecular weight excluding hydrogens is 403 g/mol. The van der Waals surface area contributed by atoms with Crippen molar-refractivity contribution in [1.82, 2.24) is 19.8 Å². The quantitative estimate of drug-likeness (QED) is 0.359. The second kappa shape index (κ2) is 6.49. The zero-order valence-corrected chi connectivity index (χ0v) is 16.0. The summed E-state index contributed by atoms with van der Waals surface area (Å²) in [7, 11) is 0. The molecule has 3 aromatic heterocycles. The van der Waals surface area contributed by atoms with Gasteiger partial charge in [0.2, 0.25) is 4.96 Å². The standard InChI is InChI=1S/C19H10Cl2N4OS/c20-13-7-6-12(10-14(13)21)15-8-9-16(26-15)18-24-25-17(22-23-19(25)27-18)11-4-2-1-3-5-11/h1-10H. The Hall–Kier alpha value is -2.67. The van der Waals surface area contributed by atoms with Crippen LogP contribution in [0.2, 0.25) is 10.0 Å². The van der Waals surface area contributed by atoms with E-state index in [0.29, 0.717) is 32.4 Å². The molecular formula is C19H10Cl2N4OS. The Balaban J connectivity index is 1.54. The first kappa shape index (κ1) is 16.5. The number of hydrogen-bond acceptors (Lipinski definition) is 5. The van der Waals surface area contributed by atoms with Gasteiger partial charge in [0.15, 0.2) is 16.6 Å². The summed E-state index contributed by atoms with van der Waals surface area (Å²) in [5.41, 5.74) is 1.81. The van der Waals surface area contributed by atoms with Crippen molar-refractivity contribution >= 4 is 39.5 Å². The average Bonchev–Trinajstić information content (AvgIpc) is 3.39. The van der Waals surface area contributed by atoms with E-state index in [-0.39, 0.29) is 0 Å². The minimum absolute atomic E-state index is 0.485. The maximum atomic E-state index is 6.10. The molecule has 5 aromatic rings. The van der Waals surface area contributed by atoms with Gasteiger partial charge in [-0.25, -0.2) is 0 Å². The molecule has 0 aliphatic rings. The highest BCUT2D eigenvalue weighted by Gasteiger charge is 2.17. The van der Waals surface area contributed by atoms with Crippen molar-refractivity contribution in [3.05, 3.63) is 70.7 Å². The van der Waals surface area contributed by atoms with Gasteiger partial charge in [-0.2, -0.15) is 4.52 Å². The number of aromatic nitrogens is 4. The van der Waals surface area contributed by atoms with Crippen molar-refractivity contribution < 1.29 is 4.42 Å². The van der Waals surface area contributed by atoms with Gasteiger partial charge in [0.25, 0.3) is 0 Å². The molecule has 3 heterocycles. The molecule has 5 nitrogen and oxygen atoms in total. The molecule has 0 saturated carbocycles. The van der Waals surface area contributed by atoms with Crippen LogP contribution >= 0.6 is 34.5 Å². The average molecular weight is 413 g/mol. The van der Waals surface area contributed by atoms with E-state index in [4.69, 9.17) is 27.6 Å². The Labute approximate surface area is 167 Å². The number of halogens is 2. The molecule has 5 rings (SSSR count). The monoisotopic (exact) mass is 412 g/mol. The molecule has 0 aliphatic carbocycles. The Morgan fingerprint density at radius 3 is 2.44 bits per heavy atom. The molecule has 2 aromatic carbocycles. The Bertz CT molecular complexity index is 1260. The Kier molecular flexibility index (Phi) is 3.97. The van der Waals surface area contributed by atoms with Crippen molar-refractivity contribution in [2.45, 2.75) is 0 Å². The molecule has 0 N–H and O–H groups in total. The fraction of sp³-hybridized carbons (Fsp3) is 0. The minimum atomic E-state index is 0.485. The molecule has 8 heteroatoms. The first-order valence-electron chi connectivity index (χ1n) is 8.02. The third kappa shape index (κ3) is 2.92. The lowest BCUT2D eigenvalue weighted by Gasteiger charge is -1.99. The molecule has 0 spiro atoms. The maximum Gasteiger partial charge on any atom is 0.235 e. The SMILES string of the molecule is Clc1ccc(-c2ccc(-c3nn4c(-c5ccccc5)nnc4s3)o2)cc1Cl. The maximum absolute atomic E-state index is 6.10. The van der Waals surface area contributed by atoms with E-state index in [1.54, 1.807) is 16.6 Å². The van der Waals surface area contributed by atoms with Gasteiger partial charge in [0.1, 0.15) is 5.76 Å². The van der Waals surface area contributed by atoms with Crippen LogP contribution in [0, 0.1) is 0 Å². The molecule has 132 valence electrons. The molecule has 0 fully saturated rings.